The van der Waals surface area contributed by atoms with Crippen LogP contribution in [-0.4, -0.2) is 13.2 Å². The lowest BCUT2D eigenvalue weighted by atomic mass is 9.77. The summed E-state index contributed by atoms with van der Waals surface area (Å²) in [6.07, 6.45) is 0. The zero-order chi connectivity index (χ0) is 17.2. The lowest BCUT2D eigenvalue weighted by Gasteiger charge is -2.50. The number of rotatable bonds is 3. The molecule has 0 aliphatic carbocycles. The molecule has 3 heteroatoms. The normalized spacial score (nSPS) is 22.4. The Balaban J connectivity index is 2.01. The summed E-state index contributed by atoms with van der Waals surface area (Å²) < 4.78 is 12.7. The molecule has 1 saturated heterocycles. The van der Waals surface area contributed by atoms with Gasteiger partial charge in [-0.2, -0.15) is 0 Å². The molecule has 1 heterocycles. The second kappa shape index (κ2) is 6.64. The third kappa shape index (κ3) is 2.58. The topological polar surface area (TPSA) is 18.5 Å². The van der Waals surface area contributed by atoms with E-state index < -0.39 is 10.7 Å². The molecule has 25 heavy (non-hydrogen) atoms. The molecular weight excluding hydrogens is 332 g/mol. The average molecular weight is 351 g/mol. The van der Waals surface area contributed by atoms with Crippen LogP contribution in [0.1, 0.15) is 16.7 Å². The van der Waals surface area contributed by atoms with Gasteiger partial charge in [0.25, 0.3) is 0 Å². The molecule has 1 fully saturated rings. The van der Waals surface area contributed by atoms with Gasteiger partial charge in [0.15, 0.2) is 5.60 Å². The Bertz CT molecular complexity index is 781. The maximum Gasteiger partial charge on any atom is 0.204 e. The highest BCUT2D eigenvalue weighted by Crippen LogP contribution is 2.55. The van der Waals surface area contributed by atoms with E-state index in [1.54, 1.807) is 0 Å². The van der Waals surface area contributed by atoms with Crippen molar-refractivity contribution in [2.24, 2.45) is 0 Å². The Morgan fingerprint density at radius 1 is 0.560 bits per heavy atom. The molecule has 0 spiro atoms. The van der Waals surface area contributed by atoms with Gasteiger partial charge in [0.2, 0.25) is 5.06 Å². The molecule has 0 radical (unpaired) electrons. The largest absolute Gasteiger partial charge is 0.358 e. The Morgan fingerprint density at radius 3 is 1.44 bits per heavy atom. The van der Waals surface area contributed by atoms with Gasteiger partial charge in [-0.1, -0.05) is 103 Å². The van der Waals surface area contributed by atoms with E-state index in [1.807, 2.05) is 91.0 Å². The first-order chi connectivity index (χ1) is 12.3. The van der Waals surface area contributed by atoms with Crippen molar-refractivity contribution in [2.75, 3.05) is 13.2 Å². The number of benzene rings is 3. The second-order valence-corrected chi connectivity index (χ2v) is 6.60. The molecule has 0 amide bonds. The maximum absolute atomic E-state index is 7.25. The molecule has 0 N–H and O–H groups in total. The minimum absolute atomic E-state index is 0.444. The number of ether oxygens (including phenoxy) is 2. The molecule has 126 valence electrons. The standard InChI is InChI=1S/C22H19ClO2/c23-22(20-14-8-3-9-15-20)21(24-16-17-25-22,18-10-4-1-5-11-18)19-12-6-2-7-13-19/h1-15H,16-17H2. The first-order valence-corrected chi connectivity index (χ1v) is 8.78. The summed E-state index contributed by atoms with van der Waals surface area (Å²) in [5.74, 6) is 0. The molecule has 3 aromatic rings. The number of alkyl halides is 1. The minimum Gasteiger partial charge on any atom is -0.358 e. The van der Waals surface area contributed by atoms with Gasteiger partial charge in [-0.15, -0.1) is 0 Å². The summed E-state index contributed by atoms with van der Waals surface area (Å²) in [4.78, 5) is 0. The van der Waals surface area contributed by atoms with Crippen molar-refractivity contribution in [2.45, 2.75) is 10.7 Å². The number of hydrogen-bond acceptors (Lipinski definition) is 2. The fourth-order valence-corrected chi connectivity index (χ4v) is 4.04. The Hall–Kier alpha value is -2.13. The van der Waals surface area contributed by atoms with Crippen molar-refractivity contribution in [1.82, 2.24) is 0 Å². The smallest absolute Gasteiger partial charge is 0.204 e. The zero-order valence-electron chi connectivity index (χ0n) is 13.8. The predicted molar refractivity (Wildman–Crippen MR) is 99.5 cm³/mol. The predicted octanol–water partition coefficient (Wildman–Crippen LogP) is 5.07. The fraction of sp³-hybridized carbons (Fsp3) is 0.182. The lowest BCUT2D eigenvalue weighted by Crippen LogP contribution is -2.54. The molecular formula is C22H19ClO2. The highest BCUT2D eigenvalue weighted by atomic mass is 35.5. The van der Waals surface area contributed by atoms with E-state index in [1.165, 1.54) is 0 Å². The van der Waals surface area contributed by atoms with E-state index in [0.29, 0.717) is 13.2 Å². The maximum atomic E-state index is 7.25. The summed E-state index contributed by atoms with van der Waals surface area (Å²) in [6, 6.07) is 30.0. The molecule has 1 atom stereocenters. The average Bonchev–Trinajstić information content (AvgIpc) is 2.70. The Kier molecular flexibility index (Phi) is 4.34. The second-order valence-electron chi connectivity index (χ2n) is 6.07. The van der Waals surface area contributed by atoms with E-state index in [9.17, 15) is 0 Å². The number of hydrogen-bond donors (Lipinski definition) is 0. The quantitative estimate of drug-likeness (QED) is 0.614. The Morgan fingerprint density at radius 2 is 0.960 bits per heavy atom. The van der Waals surface area contributed by atoms with Gasteiger partial charge in [-0.3, -0.25) is 0 Å². The van der Waals surface area contributed by atoms with Crippen molar-refractivity contribution in [3.63, 3.8) is 0 Å². The van der Waals surface area contributed by atoms with E-state index in [-0.39, 0.29) is 0 Å². The first kappa shape index (κ1) is 16.3. The zero-order valence-corrected chi connectivity index (χ0v) is 14.5. The van der Waals surface area contributed by atoms with Crippen LogP contribution in [0.2, 0.25) is 0 Å². The van der Waals surface area contributed by atoms with E-state index >= 15 is 0 Å². The SMILES string of the molecule is ClC1(c2ccccc2)OCCOC1(c1ccccc1)c1ccccc1. The monoisotopic (exact) mass is 350 g/mol. The van der Waals surface area contributed by atoms with Crippen LogP contribution in [-0.2, 0) is 20.1 Å². The van der Waals surface area contributed by atoms with Gasteiger partial charge in [0.1, 0.15) is 0 Å². The molecule has 0 saturated carbocycles. The Labute approximate surface area is 153 Å². The van der Waals surface area contributed by atoms with Crippen LogP contribution >= 0.6 is 11.6 Å². The van der Waals surface area contributed by atoms with Crippen LogP contribution in [0.3, 0.4) is 0 Å². The van der Waals surface area contributed by atoms with Crippen molar-refractivity contribution in [3.05, 3.63) is 108 Å². The van der Waals surface area contributed by atoms with Crippen LogP contribution in [0.25, 0.3) is 0 Å². The van der Waals surface area contributed by atoms with Crippen LogP contribution in [0, 0.1) is 0 Å². The van der Waals surface area contributed by atoms with E-state index in [0.717, 1.165) is 16.7 Å². The summed E-state index contributed by atoms with van der Waals surface area (Å²) in [6.45, 7) is 0.922. The van der Waals surface area contributed by atoms with Crippen LogP contribution in [0.15, 0.2) is 91.0 Å². The molecule has 1 unspecified atom stereocenters. The third-order valence-corrected chi connectivity index (χ3v) is 5.25. The third-order valence-electron chi connectivity index (χ3n) is 4.66. The summed E-state index contributed by atoms with van der Waals surface area (Å²) >= 11 is 7.25. The molecule has 3 aromatic carbocycles. The van der Waals surface area contributed by atoms with Crippen LogP contribution in [0.4, 0.5) is 0 Å². The van der Waals surface area contributed by atoms with Gasteiger partial charge < -0.3 is 9.47 Å². The van der Waals surface area contributed by atoms with Crippen LogP contribution in [0.5, 0.6) is 0 Å². The van der Waals surface area contributed by atoms with Gasteiger partial charge >= 0.3 is 0 Å². The number of halogens is 1. The highest BCUT2D eigenvalue weighted by molar-refractivity contribution is 6.24. The van der Waals surface area contributed by atoms with E-state index in [2.05, 4.69) is 0 Å². The fourth-order valence-electron chi connectivity index (χ4n) is 3.56. The summed E-state index contributed by atoms with van der Waals surface area (Å²) in [5, 5.41) is -1.16. The van der Waals surface area contributed by atoms with Gasteiger partial charge in [0, 0.05) is 5.56 Å². The molecule has 2 nitrogen and oxygen atoms in total. The van der Waals surface area contributed by atoms with Crippen molar-refractivity contribution in [3.8, 4) is 0 Å². The molecule has 1 aliphatic heterocycles. The van der Waals surface area contributed by atoms with Gasteiger partial charge in [0.05, 0.1) is 13.2 Å². The molecule has 1 aliphatic rings. The molecule has 0 aromatic heterocycles. The lowest BCUT2D eigenvalue weighted by molar-refractivity contribution is -0.216. The molecule has 4 rings (SSSR count). The van der Waals surface area contributed by atoms with E-state index in [4.69, 9.17) is 21.1 Å². The summed E-state index contributed by atoms with van der Waals surface area (Å²) in [7, 11) is 0. The van der Waals surface area contributed by atoms with Crippen LogP contribution < -0.4 is 0 Å². The minimum atomic E-state index is -1.16. The summed E-state index contributed by atoms with van der Waals surface area (Å²) in [5.41, 5.74) is 1.89. The van der Waals surface area contributed by atoms with Crippen molar-refractivity contribution in [1.29, 1.82) is 0 Å². The van der Waals surface area contributed by atoms with Crippen molar-refractivity contribution < 1.29 is 9.47 Å². The first-order valence-electron chi connectivity index (χ1n) is 8.41. The van der Waals surface area contributed by atoms with Crippen molar-refractivity contribution >= 4 is 11.6 Å². The molecule has 0 bridgehead atoms. The van der Waals surface area contributed by atoms with Gasteiger partial charge in [-0.05, 0) is 11.1 Å². The highest BCUT2D eigenvalue weighted by Gasteiger charge is 2.58. The van der Waals surface area contributed by atoms with Gasteiger partial charge in [-0.25, -0.2) is 0 Å².